The highest BCUT2D eigenvalue weighted by Gasteiger charge is 2.17. The molecule has 0 unspecified atom stereocenters. The van der Waals surface area contributed by atoms with Gasteiger partial charge in [-0.1, -0.05) is 26.8 Å². The predicted octanol–water partition coefficient (Wildman–Crippen LogP) is 2.50. The Morgan fingerprint density at radius 3 is 0.871 bits per heavy atom. The van der Waals surface area contributed by atoms with Gasteiger partial charge in [0.1, 0.15) is 13.2 Å². The number of ether oxygens (including phenoxy) is 14. The number of hydrogen-bond acceptors (Lipinski definition) is 18. The minimum atomic E-state index is -3.94. The molecule has 0 aliphatic rings. The van der Waals surface area contributed by atoms with Crippen molar-refractivity contribution in [2.45, 2.75) is 39.0 Å². The van der Waals surface area contributed by atoms with Gasteiger partial charge >= 0.3 is 0 Å². The van der Waals surface area contributed by atoms with E-state index < -0.39 is 20.2 Å². The van der Waals surface area contributed by atoms with E-state index in [0.29, 0.717) is 170 Å². The van der Waals surface area contributed by atoms with E-state index in [0.717, 1.165) is 5.56 Å². The van der Waals surface area contributed by atoms with E-state index in [4.69, 9.17) is 75.4 Å². The van der Waals surface area contributed by atoms with Crippen LogP contribution in [0.3, 0.4) is 0 Å². The van der Waals surface area contributed by atoms with Crippen molar-refractivity contribution in [2.24, 2.45) is 0 Å². The van der Waals surface area contributed by atoms with E-state index in [9.17, 15) is 16.8 Å². The first-order valence-electron chi connectivity index (χ1n) is 21.0. The Kier molecular flexibility index (Phi) is 36.1. The van der Waals surface area contributed by atoms with Gasteiger partial charge in [-0.25, -0.2) is 0 Å². The zero-order valence-electron chi connectivity index (χ0n) is 37.0. The maximum atomic E-state index is 10.6. The predicted molar refractivity (Wildman–Crippen MR) is 228 cm³/mol. The quantitative estimate of drug-likeness (QED) is 0.0705. The van der Waals surface area contributed by atoms with Gasteiger partial charge in [-0.2, -0.15) is 16.8 Å². The molecule has 0 spiro atoms. The van der Waals surface area contributed by atoms with E-state index in [1.807, 2.05) is 18.2 Å². The molecule has 0 bridgehead atoms. The van der Waals surface area contributed by atoms with Crippen molar-refractivity contribution in [3.05, 3.63) is 23.8 Å². The van der Waals surface area contributed by atoms with Crippen LogP contribution < -0.4 is 9.47 Å². The van der Waals surface area contributed by atoms with Crippen LogP contribution in [0.2, 0.25) is 0 Å². The molecular formula is C40H74O20S2. The lowest BCUT2D eigenvalue weighted by Gasteiger charge is -2.21. The third-order valence-corrected chi connectivity index (χ3v) is 9.49. The molecule has 62 heavy (non-hydrogen) atoms. The molecule has 1 rings (SSSR count). The van der Waals surface area contributed by atoms with Gasteiger partial charge in [-0.15, -0.1) is 0 Å². The van der Waals surface area contributed by atoms with Crippen LogP contribution in [-0.4, -0.2) is 209 Å². The zero-order valence-corrected chi connectivity index (χ0v) is 38.6. The summed E-state index contributed by atoms with van der Waals surface area (Å²) in [4.78, 5) is 0. The zero-order chi connectivity index (χ0) is 45.5. The van der Waals surface area contributed by atoms with Crippen molar-refractivity contribution in [2.75, 3.05) is 183 Å². The maximum Gasteiger partial charge on any atom is 0.264 e. The average Bonchev–Trinajstić information content (AvgIpc) is 3.20. The van der Waals surface area contributed by atoms with Crippen LogP contribution in [0.4, 0.5) is 0 Å². The molecule has 0 heterocycles. The molecule has 0 saturated heterocycles. The molecule has 22 heteroatoms. The van der Waals surface area contributed by atoms with Crippen molar-refractivity contribution in [1.29, 1.82) is 0 Å². The third kappa shape index (κ3) is 39.7. The van der Waals surface area contributed by atoms with Crippen LogP contribution >= 0.6 is 0 Å². The highest BCUT2D eigenvalue weighted by atomic mass is 32.2. The minimum Gasteiger partial charge on any atom is -0.487 e. The van der Waals surface area contributed by atoms with E-state index in [1.165, 1.54) is 0 Å². The molecule has 20 nitrogen and oxygen atoms in total. The largest absolute Gasteiger partial charge is 0.487 e. The Balaban J connectivity index is 1.99. The summed E-state index contributed by atoms with van der Waals surface area (Å²) in [5.41, 5.74) is 1.06. The normalized spacial score (nSPS) is 12.3. The molecule has 0 fully saturated rings. The van der Waals surface area contributed by atoms with Crippen molar-refractivity contribution < 1.29 is 92.3 Å². The lowest BCUT2D eigenvalue weighted by molar-refractivity contribution is -0.0180. The Morgan fingerprint density at radius 1 is 0.371 bits per heavy atom. The van der Waals surface area contributed by atoms with Gasteiger partial charge in [0.15, 0.2) is 11.5 Å². The molecule has 0 aliphatic carbocycles. The van der Waals surface area contributed by atoms with Gasteiger partial charge in [-0.3, -0.25) is 9.11 Å². The van der Waals surface area contributed by atoms with E-state index in [-0.39, 0.29) is 43.0 Å². The molecule has 0 aromatic heterocycles. The van der Waals surface area contributed by atoms with E-state index in [1.54, 1.807) is 0 Å². The Bertz CT molecular complexity index is 1390. The van der Waals surface area contributed by atoms with Gasteiger partial charge < -0.3 is 66.3 Å². The second-order valence-corrected chi connectivity index (χ2v) is 17.4. The second kappa shape index (κ2) is 38.4. The molecule has 0 saturated carbocycles. The third-order valence-electron chi connectivity index (χ3n) is 7.88. The molecule has 0 radical (unpaired) electrons. The molecule has 0 amide bonds. The summed E-state index contributed by atoms with van der Waals surface area (Å²) in [5.74, 6) is 0.637. The van der Waals surface area contributed by atoms with Gasteiger partial charge in [0.05, 0.1) is 157 Å². The highest BCUT2D eigenvalue weighted by molar-refractivity contribution is 7.86. The summed E-state index contributed by atoms with van der Waals surface area (Å²) in [6.45, 7) is 16.6. The Labute approximate surface area is 369 Å². The van der Waals surface area contributed by atoms with Gasteiger partial charge in [0.25, 0.3) is 20.2 Å². The number of benzene rings is 1. The van der Waals surface area contributed by atoms with Crippen LogP contribution in [0.25, 0.3) is 0 Å². The fourth-order valence-corrected chi connectivity index (χ4v) is 5.68. The molecule has 0 atom stereocenters. The van der Waals surface area contributed by atoms with Crippen LogP contribution in [-0.2, 0) is 82.5 Å². The monoisotopic (exact) mass is 938 g/mol. The fourth-order valence-electron chi connectivity index (χ4n) is 4.72. The highest BCUT2D eigenvalue weighted by Crippen LogP contribution is 2.33. The smallest absolute Gasteiger partial charge is 0.264 e. The van der Waals surface area contributed by atoms with Crippen molar-refractivity contribution in [1.82, 2.24) is 0 Å². The van der Waals surface area contributed by atoms with E-state index >= 15 is 0 Å². The second-order valence-electron chi connectivity index (χ2n) is 14.2. The number of hydrogen-bond donors (Lipinski definition) is 2. The SMILES string of the molecule is CC(C)(C)c1ccc(OCCOCCOCCOCCOCCOCCOCCCS(=O)(=O)O)c(OCCOCCOCCOCCOCCOCCOCCCS(=O)(=O)O)c1. The summed E-state index contributed by atoms with van der Waals surface area (Å²) in [6, 6.07) is 5.95. The van der Waals surface area contributed by atoms with Crippen LogP contribution in [0, 0.1) is 0 Å². The first kappa shape index (κ1) is 58.2. The molecular weight excluding hydrogens is 865 g/mol. The summed E-state index contributed by atoms with van der Waals surface area (Å²) in [6.07, 6.45) is 0.468. The van der Waals surface area contributed by atoms with Crippen LogP contribution in [0.5, 0.6) is 11.5 Å². The minimum absolute atomic E-state index is 0.0651. The topological polar surface area (TPSA) is 238 Å². The fraction of sp³-hybridized carbons (Fsp3) is 0.850. The molecule has 1 aromatic rings. The number of rotatable bonds is 46. The van der Waals surface area contributed by atoms with Gasteiger partial charge in [-0.05, 0) is 36.0 Å². The standard InChI is InChI=1S/C40H74O20S2/c1-40(2,3)37-6-7-38(59-32-30-57-28-26-55-24-22-53-20-18-51-16-14-49-12-10-47-8-4-34-61(41,42)43)39(36-37)60-33-31-58-29-27-56-25-23-54-21-19-52-17-15-50-13-11-48-9-5-35-62(44,45)46/h6-7,36H,4-5,8-35H2,1-3H3,(H,41,42,43)(H,44,45,46). The summed E-state index contributed by atoms with van der Waals surface area (Å²) in [5, 5.41) is 0. The summed E-state index contributed by atoms with van der Waals surface area (Å²) < 4.78 is 137. The molecule has 2 N–H and O–H groups in total. The Hall–Kier alpha value is -1.84. The lowest BCUT2D eigenvalue weighted by atomic mass is 9.87. The van der Waals surface area contributed by atoms with Crippen molar-refractivity contribution in [3.8, 4) is 11.5 Å². The first-order chi connectivity index (χ1) is 29.8. The van der Waals surface area contributed by atoms with Crippen LogP contribution in [0.1, 0.15) is 39.2 Å². The average molecular weight is 939 g/mol. The Morgan fingerprint density at radius 2 is 0.613 bits per heavy atom. The van der Waals surface area contributed by atoms with Crippen molar-refractivity contribution >= 4 is 20.2 Å². The first-order valence-corrected chi connectivity index (χ1v) is 24.2. The molecule has 0 aliphatic heterocycles. The molecule has 366 valence electrons. The summed E-state index contributed by atoms with van der Waals surface area (Å²) >= 11 is 0. The summed E-state index contributed by atoms with van der Waals surface area (Å²) in [7, 11) is -7.89. The maximum absolute atomic E-state index is 10.6. The van der Waals surface area contributed by atoms with Gasteiger partial charge in [0.2, 0.25) is 0 Å². The van der Waals surface area contributed by atoms with Gasteiger partial charge in [0, 0.05) is 13.2 Å². The molecule has 1 aromatic carbocycles. The lowest BCUT2D eigenvalue weighted by Crippen LogP contribution is -2.16. The van der Waals surface area contributed by atoms with E-state index in [2.05, 4.69) is 20.8 Å². The van der Waals surface area contributed by atoms with Crippen molar-refractivity contribution in [3.63, 3.8) is 0 Å². The van der Waals surface area contributed by atoms with Crippen LogP contribution in [0.15, 0.2) is 18.2 Å².